The quantitative estimate of drug-likeness (QED) is 0.702. The van der Waals surface area contributed by atoms with Crippen molar-refractivity contribution < 1.29 is 5.11 Å². The highest BCUT2D eigenvalue weighted by Crippen LogP contribution is 2.18. The van der Waals surface area contributed by atoms with Crippen molar-refractivity contribution in [2.75, 3.05) is 13.2 Å². The molecule has 0 saturated heterocycles. The van der Waals surface area contributed by atoms with Gasteiger partial charge in [0.05, 0.1) is 0 Å². The number of benzene rings is 1. The van der Waals surface area contributed by atoms with E-state index in [0.717, 1.165) is 25.9 Å². The Balaban J connectivity index is 2.39. The lowest BCUT2D eigenvalue weighted by molar-refractivity contribution is 0.299. The SMILES string of the molecule is OCCc1c2cccc1CNCC2. The van der Waals surface area contributed by atoms with Crippen LogP contribution in [0.5, 0.6) is 0 Å². The fraction of sp³-hybridized carbons (Fsp3) is 0.455. The average molecular weight is 177 g/mol. The van der Waals surface area contributed by atoms with E-state index in [1.807, 2.05) is 0 Å². The zero-order valence-electron chi connectivity index (χ0n) is 7.71. The van der Waals surface area contributed by atoms with E-state index in [0.29, 0.717) is 0 Å². The van der Waals surface area contributed by atoms with Gasteiger partial charge in [-0.3, -0.25) is 0 Å². The molecule has 0 amide bonds. The van der Waals surface area contributed by atoms with Gasteiger partial charge >= 0.3 is 0 Å². The monoisotopic (exact) mass is 177 g/mol. The molecule has 2 bridgehead atoms. The number of aliphatic hydroxyl groups is 1. The lowest BCUT2D eigenvalue weighted by Crippen LogP contribution is -2.13. The summed E-state index contributed by atoms with van der Waals surface area (Å²) in [7, 11) is 0. The number of fused-ring (bicyclic) bond motifs is 2. The van der Waals surface area contributed by atoms with Crippen LogP contribution in [0.4, 0.5) is 0 Å². The van der Waals surface area contributed by atoms with Crippen LogP contribution in [0.1, 0.15) is 16.7 Å². The molecule has 1 aliphatic heterocycles. The van der Waals surface area contributed by atoms with Crippen LogP contribution >= 0.6 is 0 Å². The molecule has 0 fully saturated rings. The lowest BCUT2D eigenvalue weighted by atomic mass is 9.98. The number of hydrogen-bond acceptors (Lipinski definition) is 2. The van der Waals surface area contributed by atoms with Gasteiger partial charge in [-0.25, -0.2) is 0 Å². The molecule has 0 aromatic heterocycles. The van der Waals surface area contributed by atoms with E-state index in [1.165, 1.54) is 16.7 Å². The third kappa shape index (κ3) is 1.74. The Labute approximate surface area is 78.6 Å². The highest BCUT2D eigenvalue weighted by Gasteiger charge is 2.10. The zero-order chi connectivity index (χ0) is 9.10. The second kappa shape index (κ2) is 3.90. The minimum Gasteiger partial charge on any atom is -0.396 e. The van der Waals surface area contributed by atoms with Crippen molar-refractivity contribution in [2.24, 2.45) is 0 Å². The molecule has 13 heavy (non-hydrogen) atoms. The third-order valence-electron chi connectivity index (χ3n) is 2.62. The second-order valence-electron chi connectivity index (χ2n) is 3.46. The first-order valence-corrected chi connectivity index (χ1v) is 4.83. The Kier molecular flexibility index (Phi) is 2.62. The molecule has 2 nitrogen and oxygen atoms in total. The fourth-order valence-corrected chi connectivity index (χ4v) is 1.97. The summed E-state index contributed by atoms with van der Waals surface area (Å²) in [6.45, 7) is 2.25. The standard InChI is InChI=1S/C11H15NO/c13-7-5-11-9-2-1-3-10(11)8-12-6-4-9/h1-3,12-13H,4-8H2. The summed E-state index contributed by atoms with van der Waals surface area (Å²) in [5.41, 5.74) is 4.11. The average Bonchev–Trinajstić information content (AvgIpc) is 2.28. The molecule has 70 valence electrons. The molecule has 1 aromatic rings. The minimum atomic E-state index is 0.254. The Morgan fingerprint density at radius 1 is 1.31 bits per heavy atom. The molecule has 1 aliphatic rings. The number of aliphatic hydroxyl groups excluding tert-OH is 1. The summed E-state index contributed by atoms with van der Waals surface area (Å²) in [5.74, 6) is 0. The highest BCUT2D eigenvalue weighted by atomic mass is 16.2. The van der Waals surface area contributed by atoms with Crippen molar-refractivity contribution in [3.8, 4) is 0 Å². The zero-order valence-corrected chi connectivity index (χ0v) is 7.71. The van der Waals surface area contributed by atoms with Crippen LogP contribution in [0.3, 0.4) is 0 Å². The maximum Gasteiger partial charge on any atom is 0.0471 e. The molecule has 0 radical (unpaired) electrons. The molecular weight excluding hydrogens is 162 g/mol. The molecule has 0 atom stereocenters. The van der Waals surface area contributed by atoms with E-state index in [9.17, 15) is 0 Å². The van der Waals surface area contributed by atoms with Gasteiger partial charge in [0.2, 0.25) is 0 Å². The molecule has 0 unspecified atom stereocenters. The van der Waals surface area contributed by atoms with Gasteiger partial charge in [0.15, 0.2) is 0 Å². The van der Waals surface area contributed by atoms with Gasteiger partial charge in [0.1, 0.15) is 0 Å². The van der Waals surface area contributed by atoms with E-state index >= 15 is 0 Å². The summed E-state index contributed by atoms with van der Waals surface area (Å²) < 4.78 is 0. The smallest absolute Gasteiger partial charge is 0.0471 e. The molecule has 1 heterocycles. The molecule has 2 rings (SSSR count). The summed E-state index contributed by atoms with van der Waals surface area (Å²) >= 11 is 0. The van der Waals surface area contributed by atoms with Crippen LogP contribution in [-0.4, -0.2) is 18.3 Å². The molecule has 2 N–H and O–H groups in total. The predicted molar refractivity (Wildman–Crippen MR) is 52.6 cm³/mol. The van der Waals surface area contributed by atoms with Crippen LogP contribution in [0, 0.1) is 0 Å². The highest BCUT2D eigenvalue weighted by molar-refractivity contribution is 5.36. The second-order valence-corrected chi connectivity index (χ2v) is 3.46. The van der Waals surface area contributed by atoms with Crippen molar-refractivity contribution >= 4 is 0 Å². The third-order valence-corrected chi connectivity index (χ3v) is 2.62. The first-order chi connectivity index (χ1) is 6.42. The van der Waals surface area contributed by atoms with Gasteiger partial charge in [0.25, 0.3) is 0 Å². The van der Waals surface area contributed by atoms with E-state index in [-0.39, 0.29) is 6.61 Å². The maximum atomic E-state index is 8.96. The Bertz CT molecular complexity index is 272. The Morgan fingerprint density at radius 2 is 2.15 bits per heavy atom. The lowest BCUT2D eigenvalue weighted by Gasteiger charge is -2.08. The number of hydrogen-bond donors (Lipinski definition) is 2. The van der Waals surface area contributed by atoms with Gasteiger partial charge < -0.3 is 10.4 Å². The summed E-state index contributed by atoms with van der Waals surface area (Å²) in [6, 6.07) is 6.42. The van der Waals surface area contributed by atoms with Crippen LogP contribution in [0.2, 0.25) is 0 Å². The fourth-order valence-electron chi connectivity index (χ4n) is 1.97. The predicted octanol–water partition coefficient (Wildman–Crippen LogP) is 0.867. The summed E-state index contributed by atoms with van der Waals surface area (Å²) in [4.78, 5) is 0. The first kappa shape index (κ1) is 8.73. The van der Waals surface area contributed by atoms with Crippen molar-refractivity contribution in [3.05, 3.63) is 34.9 Å². The van der Waals surface area contributed by atoms with Crippen LogP contribution in [0.15, 0.2) is 18.2 Å². The van der Waals surface area contributed by atoms with Gasteiger partial charge in [-0.1, -0.05) is 18.2 Å². The molecule has 0 saturated carbocycles. The van der Waals surface area contributed by atoms with Crippen molar-refractivity contribution in [2.45, 2.75) is 19.4 Å². The Morgan fingerprint density at radius 3 is 3.00 bits per heavy atom. The molecule has 2 heteroatoms. The minimum absolute atomic E-state index is 0.254. The molecular formula is C11H15NO. The van der Waals surface area contributed by atoms with Gasteiger partial charge in [-0.15, -0.1) is 0 Å². The summed E-state index contributed by atoms with van der Waals surface area (Å²) in [5, 5.41) is 12.3. The first-order valence-electron chi connectivity index (χ1n) is 4.83. The largest absolute Gasteiger partial charge is 0.396 e. The van der Waals surface area contributed by atoms with Crippen LogP contribution < -0.4 is 5.32 Å². The van der Waals surface area contributed by atoms with Crippen LogP contribution in [-0.2, 0) is 19.4 Å². The maximum absolute atomic E-state index is 8.96. The van der Waals surface area contributed by atoms with Gasteiger partial charge in [-0.05, 0) is 36.1 Å². The topological polar surface area (TPSA) is 32.3 Å². The van der Waals surface area contributed by atoms with Crippen molar-refractivity contribution in [1.29, 1.82) is 0 Å². The molecule has 0 aliphatic carbocycles. The molecule has 0 spiro atoms. The number of rotatable bonds is 2. The van der Waals surface area contributed by atoms with Crippen molar-refractivity contribution in [3.63, 3.8) is 0 Å². The van der Waals surface area contributed by atoms with E-state index in [4.69, 9.17) is 5.11 Å². The van der Waals surface area contributed by atoms with Crippen LogP contribution in [0.25, 0.3) is 0 Å². The van der Waals surface area contributed by atoms with Gasteiger partial charge in [0, 0.05) is 13.2 Å². The number of nitrogens with one attached hydrogen (secondary N) is 1. The van der Waals surface area contributed by atoms with E-state index < -0.39 is 0 Å². The van der Waals surface area contributed by atoms with E-state index in [1.54, 1.807) is 0 Å². The van der Waals surface area contributed by atoms with Gasteiger partial charge in [-0.2, -0.15) is 0 Å². The summed E-state index contributed by atoms with van der Waals surface area (Å²) in [6.07, 6.45) is 1.89. The molecule has 1 aromatic carbocycles. The van der Waals surface area contributed by atoms with Crippen molar-refractivity contribution in [1.82, 2.24) is 5.32 Å². The normalized spacial score (nSPS) is 15.5. The van der Waals surface area contributed by atoms with E-state index in [2.05, 4.69) is 23.5 Å². The Hall–Kier alpha value is -0.860.